The molecule has 3 atom stereocenters. The summed E-state index contributed by atoms with van der Waals surface area (Å²) in [5.74, 6) is 1.29. The lowest BCUT2D eigenvalue weighted by molar-refractivity contribution is -0.0432. The van der Waals surface area contributed by atoms with Crippen molar-refractivity contribution >= 4 is 22.9 Å². The summed E-state index contributed by atoms with van der Waals surface area (Å²) < 4.78 is 7.50. The molecule has 2 aromatic heterocycles. The lowest BCUT2D eigenvalue weighted by atomic mass is 10.2. The van der Waals surface area contributed by atoms with Crippen LogP contribution in [0, 0.1) is 0 Å². The summed E-state index contributed by atoms with van der Waals surface area (Å²) in [5, 5.41) is 19.2. The van der Waals surface area contributed by atoms with Gasteiger partial charge in [-0.25, -0.2) is 4.98 Å². The number of hydrogen-bond donors (Lipinski definition) is 2. The Morgan fingerprint density at radius 2 is 2.00 bits per heavy atom. The number of rotatable bonds is 4. The van der Waals surface area contributed by atoms with Crippen molar-refractivity contribution in [2.75, 3.05) is 44.6 Å². The molecule has 0 aliphatic carbocycles. The van der Waals surface area contributed by atoms with Crippen molar-refractivity contribution in [2.24, 2.45) is 0 Å². The van der Waals surface area contributed by atoms with E-state index in [0.29, 0.717) is 23.5 Å². The molecule has 0 bridgehead atoms. The number of aliphatic hydroxyl groups excluding tert-OH is 2. The fourth-order valence-corrected chi connectivity index (χ4v) is 2.66. The van der Waals surface area contributed by atoms with Crippen LogP contribution in [0.4, 0.5) is 11.8 Å². The van der Waals surface area contributed by atoms with Crippen LogP contribution in [0.2, 0.25) is 0 Å². The molecule has 23 heavy (non-hydrogen) atoms. The van der Waals surface area contributed by atoms with Crippen molar-refractivity contribution < 1.29 is 14.9 Å². The molecule has 0 radical (unpaired) electrons. The van der Waals surface area contributed by atoms with Crippen molar-refractivity contribution in [3.8, 4) is 0 Å². The van der Waals surface area contributed by atoms with E-state index in [1.165, 1.54) is 0 Å². The number of ether oxygens (including phenoxy) is 1. The van der Waals surface area contributed by atoms with Crippen molar-refractivity contribution in [3.63, 3.8) is 0 Å². The van der Waals surface area contributed by atoms with Crippen LogP contribution in [0.3, 0.4) is 0 Å². The van der Waals surface area contributed by atoms with Gasteiger partial charge in [-0.1, -0.05) is 0 Å². The minimum absolute atomic E-state index is 0.217. The number of imidazole rings is 1. The highest BCUT2D eigenvalue weighted by Gasteiger charge is 2.35. The van der Waals surface area contributed by atoms with Crippen LogP contribution in [-0.4, -0.2) is 76.7 Å². The summed E-state index contributed by atoms with van der Waals surface area (Å²) >= 11 is 0. The number of aromatic nitrogens is 4. The van der Waals surface area contributed by atoms with E-state index >= 15 is 0 Å². The van der Waals surface area contributed by atoms with Gasteiger partial charge in [0.1, 0.15) is 12.3 Å². The Labute approximate surface area is 134 Å². The van der Waals surface area contributed by atoms with Crippen LogP contribution in [0.1, 0.15) is 12.6 Å². The molecule has 0 unspecified atom stereocenters. The molecular formula is C14H22N6O3. The molecule has 0 saturated carbocycles. The summed E-state index contributed by atoms with van der Waals surface area (Å²) in [5.41, 5.74) is 1.31. The average Bonchev–Trinajstić information content (AvgIpc) is 3.08. The molecule has 0 aromatic carbocycles. The maximum absolute atomic E-state index is 9.95. The smallest absolute Gasteiger partial charge is 0.228 e. The number of aliphatic hydroxyl groups is 2. The second-order valence-electron chi connectivity index (χ2n) is 6.07. The largest absolute Gasteiger partial charge is 0.394 e. The SMILES string of the molecule is CN(C)c1nc(N(C)C)c2ncn([C@@H]3C[C@@H](O)[C@H](CO)O3)c2n1. The maximum atomic E-state index is 9.95. The van der Waals surface area contributed by atoms with Gasteiger partial charge in [0.05, 0.1) is 19.0 Å². The van der Waals surface area contributed by atoms with Gasteiger partial charge in [-0.15, -0.1) is 0 Å². The molecule has 3 rings (SSSR count). The Balaban J connectivity index is 2.09. The normalized spacial score (nSPS) is 24.3. The van der Waals surface area contributed by atoms with Crippen LogP contribution in [0.15, 0.2) is 6.33 Å². The third-order valence-corrected chi connectivity index (χ3v) is 3.91. The predicted octanol–water partition coefficient (Wildman–Crippen LogP) is -0.401. The third-order valence-electron chi connectivity index (χ3n) is 3.91. The molecule has 3 heterocycles. The molecule has 0 amide bonds. The average molecular weight is 322 g/mol. The summed E-state index contributed by atoms with van der Waals surface area (Å²) in [7, 11) is 7.55. The first kappa shape index (κ1) is 15.9. The zero-order valence-corrected chi connectivity index (χ0v) is 13.7. The number of hydrogen-bond acceptors (Lipinski definition) is 8. The Morgan fingerprint density at radius 3 is 2.57 bits per heavy atom. The van der Waals surface area contributed by atoms with Crippen molar-refractivity contribution in [1.29, 1.82) is 0 Å². The maximum Gasteiger partial charge on any atom is 0.228 e. The molecule has 1 saturated heterocycles. The third kappa shape index (κ3) is 2.71. The zero-order chi connectivity index (χ0) is 16.7. The van der Waals surface area contributed by atoms with Gasteiger partial charge in [-0.3, -0.25) is 4.57 Å². The minimum atomic E-state index is -0.703. The first-order chi connectivity index (χ1) is 10.9. The van der Waals surface area contributed by atoms with E-state index < -0.39 is 18.4 Å². The van der Waals surface area contributed by atoms with E-state index in [2.05, 4.69) is 15.0 Å². The molecule has 0 spiro atoms. The van der Waals surface area contributed by atoms with E-state index in [0.717, 1.165) is 5.82 Å². The van der Waals surface area contributed by atoms with E-state index in [-0.39, 0.29) is 6.61 Å². The summed E-state index contributed by atoms with van der Waals surface area (Å²) in [4.78, 5) is 17.2. The lowest BCUT2D eigenvalue weighted by Crippen LogP contribution is -2.24. The molecule has 2 aromatic rings. The predicted molar refractivity (Wildman–Crippen MR) is 85.6 cm³/mol. The van der Waals surface area contributed by atoms with E-state index in [4.69, 9.17) is 4.74 Å². The van der Waals surface area contributed by atoms with Crippen LogP contribution < -0.4 is 9.80 Å². The van der Waals surface area contributed by atoms with E-state index in [9.17, 15) is 10.2 Å². The number of nitrogens with zero attached hydrogens (tertiary/aromatic N) is 6. The fraction of sp³-hybridized carbons (Fsp3) is 0.643. The molecule has 1 aliphatic heterocycles. The Morgan fingerprint density at radius 1 is 1.26 bits per heavy atom. The summed E-state index contributed by atoms with van der Waals surface area (Å²) in [6.45, 7) is -0.217. The van der Waals surface area contributed by atoms with Crippen LogP contribution >= 0.6 is 0 Å². The van der Waals surface area contributed by atoms with Gasteiger partial charge in [-0.05, 0) is 0 Å². The Hall–Kier alpha value is -1.97. The Kier molecular flexibility index (Phi) is 4.09. The van der Waals surface area contributed by atoms with Gasteiger partial charge >= 0.3 is 0 Å². The van der Waals surface area contributed by atoms with Gasteiger partial charge in [0.25, 0.3) is 0 Å². The molecule has 9 nitrogen and oxygen atoms in total. The molecule has 1 fully saturated rings. The summed E-state index contributed by atoms with van der Waals surface area (Å²) in [6, 6.07) is 0. The molecule has 9 heteroatoms. The first-order valence-electron chi connectivity index (χ1n) is 7.46. The highest BCUT2D eigenvalue weighted by Crippen LogP contribution is 2.32. The molecule has 126 valence electrons. The van der Waals surface area contributed by atoms with Crippen LogP contribution in [0.5, 0.6) is 0 Å². The van der Waals surface area contributed by atoms with Crippen LogP contribution in [0.25, 0.3) is 11.2 Å². The van der Waals surface area contributed by atoms with Gasteiger partial charge in [0.2, 0.25) is 5.95 Å². The van der Waals surface area contributed by atoms with Gasteiger partial charge in [0, 0.05) is 34.6 Å². The molecule has 2 N–H and O–H groups in total. The van der Waals surface area contributed by atoms with E-state index in [1.54, 1.807) is 10.9 Å². The van der Waals surface area contributed by atoms with E-state index in [1.807, 2.05) is 38.0 Å². The quantitative estimate of drug-likeness (QED) is 0.784. The first-order valence-corrected chi connectivity index (χ1v) is 7.46. The van der Waals surface area contributed by atoms with Crippen molar-refractivity contribution in [3.05, 3.63) is 6.33 Å². The minimum Gasteiger partial charge on any atom is -0.394 e. The number of anilines is 2. The van der Waals surface area contributed by atoms with Gasteiger partial charge < -0.3 is 24.7 Å². The monoisotopic (exact) mass is 322 g/mol. The van der Waals surface area contributed by atoms with Crippen LogP contribution in [-0.2, 0) is 4.74 Å². The Bertz CT molecular complexity index is 701. The van der Waals surface area contributed by atoms with Gasteiger partial charge in [-0.2, -0.15) is 9.97 Å². The number of fused-ring (bicyclic) bond motifs is 1. The molecular weight excluding hydrogens is 300 g/mol. The highest BCUT2D eigenvalue weighted by molar-refractivity contribution is 5.84. The van der Waals surface area contributed by atoms with Crippen molar-refractivity contribution in [1.82, 2.24) is 19.5 Å². The standard InChI is InChI=1S/C14H22N6O3/c1-18(2)12-11-13(17-14(16-12)19(3)4)20(7-15-11)10-5-8(22)9(6-21)23-10/h7-10,21-22H,5-6H2,1-4H3/t8-,9+,10+/m1/s1. The van der Waals surface area contributed by atoms with Gasteiger partial charge in [0.15, 0.2) is 17.0 Å². The van der Waals surface area contributed by atoms with Crippen molar-refractivity contribution in [2.45, 2.75) is 24.9 Å². The second-order valence-corrected chi connectivity index (χ2v) is 6.07. The highest BCUT2D eigenvalue weighted by atomic mass is 16.5. The topological polar surface area (TPSA) is 99.8 Å². The summed E-state index contributed by atoms with van der Waals surface area (Å²) in [6.07, 6.45) is 0.331. The fourth-order valence-electron chi connectivity index (χ4n) is 2.66. The lowest BCUT2D eigenvalue weighted by Gasteiger charge is -2.18. The molecule has 1 aliphatic rings. The zero-order valence-electron chi connectivity index (χ0n) is 13.7. The second kappa shape index (κ2) is 5.91.